The summed E-state index contributed by atoms with van der Waals surface area (Å²) in [4.78, 5) is 16.4. The van der Waals surface area contributed by atoms with Crippen molar-refractivity contribution in [2.75, 3.05) is 5.32 Å². The largest absolute Gasteiger partial charge is 0.458 e. The lowest BCUT2D eigenvalue weighted by atomic mass is 10.2. The second-order valence-electron chi connectivity index (χ2n) is 5.94. The SMILES string of the molecule is C=CC/C=C(\C=C/C(C)F)Oc1ccc(C(=O)Nc2ccc(C)nc2)cc1. The Bertz CT molecular complexity index is 822. The number of nitrogens with zero attached hydrogens (tertiary/aromatic N) is 1. The zero-order valence-electron chi connectivity index (χ0n) is 15.5. The highest BCUT2D eigenvalue weighted by atomic mass is 19.1. The van der Waals surface area contributed by atoms with Crippen molar-refractivity contribution >= 4 is 11.6 Å². The van der Waals surface area contributed by atoms with Crippen LogP contribution in [0.1, 0.15) is 29.4 Å². The number of aromatic nitrogens is 1. The minimum absolute atomic E-state index is 0.235. The number of pyridine rings is 1. The molecule has 1 N–H and O–H groups in total. The van der Waals surface area contributed by atoms with Gasteiger partial charge < -0.3 is 10.1 Å². The van der Waals surface area contributed by atoms with Gasteiger partial charge in [0.05, 0.1) is 11.9 Å². The highest BCUT2D eigenvalue weighted by molar-refractivity contribution is 6.04. The van der Waals surface area contributed by atoms with E-state index in [-0.39, 0.29) is 5.91 Å². The molecule has 27 heavy (non-hydrogen) atoms. The summed E-state index contributed by atoms with van der Waals surface area (Å²) in [5.74, 6) is 0.832. The second kappa shape index (κ2) is 10.1. The number of carbonyl (C=O) groups excluding carboxylic acids is 1. The zero-order valence-corrected chi connectivity index (χ0v) is 15.5. The fourth-order valence-corrected chi connectivity index (χ4v) is 2.13. The van der Waals surface area contributed by atoms with Gasteiger partial charge in [-0.15, -0.1) is 6.58 Å². The third-order valence-electron chi connectivity index (χ3n) is 3.53. The fourth-order valence-electron chi connectivity index (χ4n) is 2.13. The van der Waals surface area contributed by atoms with Crippen LogP contribution in [0.25, 0.3) is 0 Å². The van der Waals surface area contributed by atoms with E-state index in [0.29, 0.717) is 29.2 Å². The van der Waals surface area contributed by atoms with Gasteiger partial charge in [0.1, 0.15) is 17.7 Å². The Morgan fingerprint density at radius 3 is 2.63 bits per heavy atom. The van der Waals surface area contributed by atoms with Crippen molar-refractivity contribution in [3.05, 3.63) is 90.5 Å². The number of benzene rings is 1. The lowest BCUT2D eigenvalue weighted by Gasteiger charge is -2.09. The molecule has 0 bridgehead atoms. The molecule has 0 fully saturated rings. The van der Waals surface area contributed by atoms with Crippen molar-refractivity contribution in [3.8, 4) is 5.75 Å². The standard InChI is InChI=1S/C22H23FN2O2/c1-4-5-6-20(12-7-16(2)23)27-21-13-9-18(10-14-21)22(26)25-19-11-8-17(3)24-15-19/h4,6-16H,1,5H2,2-3H3,(H,25,26)/b12-7-,20-6+. The van der Waals surface area contributed by atoms with Crippen molar-refractivity contribution in [3.63, 3.8) is 0 Å². The summed E-state index contributed by atoms with van der Waals surface area (Å²) in [5, 5.41) is 2.79. The van der Waals surface area contributed by atoms with Gasteiger partial charge in [0, 0.05) is 11.3 Å². The first-order valence-electron chi connectivity index (χ1n) is 8.63. The molecule has 4 nitrogen and oxygen atoms in total. The van der Waals surface area contributed by atoms with E-state index in [1.165, 1.54) is 13.0 Å². The number of aryl methyl sites for hydroxylation is 1. The first-order valence-corrected chi connectivity index (χ1v) is 8.63. The Morgan fingerprint density at radius 2 is 2.04 bits per heavy atom. The lowest BCUT2D eigenvalue weighted by molar-refractivity contribution is 0.102. The number of halogens is 1. The number of anilines is 1. The van der Waals surface area contributed by atoms with Crippen LogP contribution in [0, 0.1) is 6.92 Å². The number of hydrogen-bond donors (Lipinski definition) is 1. The van der Waals surface area contributed by atoms with Gasteiger partial charge in [0.2, 0.25) is 0 Å². The van der Waals surface area contributed by atoms with E-state index in [1.807, 2.05) is 13.0 Å². The van der Waals surface area contributed by atoms with Gasteiger partial charge in [0.15, 0.2) is 0 Å². The molecule has 0 spiro atoms. The van der Waals surface area contributed by atoms with Gasteiger partial charge in [0.25, 0.3) is 5.91 Å². The summed E-state index contributed by atoms with van der Waals surface area (Å²) < 4.78 is 18.8. The van der Waals surface area contributed by atoms with Gasteiger partial charge in [-0.3, -0.25) is 9.78 Å². The van der Waals surface area contributed by atoms with Crippen LogP contribution in [0.15, 0.2) is 79.2 Å². The minimum atomic E-state index is -1.07. The quantitative estimate of drug-likeness (QED) is 0.387. The average molecular weight is 366 g/mol. The van der Waals surface area contributed by atoms with Crippen molar-refractivity contribution in [2.45, 2.75) is 26.4 Å². The third kappa shape index (κ3) is 6.90. The molecule has 0 radical (unpaired) electrons. The van der Waals surface area contributed by atoms with Crippen molar-refractivity contribution < 1.29 is 13.9 Å². The summed E-state index contributed by atoms with van der Waals surface area (Å²) in [6.45, 7) is 6.98. The molecule has 1 amide bonds. The van der Waals surface area contributed by atoms with Crippen LogP contribution in [0.3, 0.4) is 0 Å². The summed E-state index contributed by atoms with van der Waals surface area (Å²) in [6.07, 6.45) is 7.67. The van der Waals surface area contributed by atoms with E-state index in [2.05, 4.69) is 16.9 Å². The lowest BCUT2D eigenvalue weighted by Crippen LogP contribution is -2.12. The van der Waals surface area contributed by atoms with Crippen molar-refractivity contribution in [1.82, 2.24) is 4.98 Å². The molecule has 0 saturated heterocycles. The molecule has 5 heteroatoms. The number of rotatable bonds is 8. The average Bonchev–Trinajstić information content (AvgIpc) is 2.66. The van der Waals surface area contributed by atoms with Gasteiger partial charge >= 0.3 is 0 Å². The topological polar surface area (TPSA) is 51.2 Å². The molecule has 0 aliphatic heterocycles. The maximum absolute atomic E-state index is 13.0. The molecular weight excluding hydrogens is 343 g/mol. The van der Waals surface area contributed by atoms with Crippen LogP contribution in [0.4, 0.5) is 10.1 Å². The maximum atomic E-state index is 13.0. The first kappa shape index (κ1) is 20.1. The van der Waals surface area contributed by atoms with E-state index >= 15 is 0 Å². The molecule has 140 valence electrons. The second-order valence-corrected chi connectivity index (χ2v) is 5.94. The molecule has 0 aliphatic carbocycles. The highest BCUT2D eigenvalue weighted by Crippen LogP contribution is 2.18. The molecular formula is C22H23FN2O2. The summed E-state index contributed by atoms with van der Waals surface area (Å²) in [7, 11) is 0. The molecule has 1 aromatic carbocycles. The minimum Gasteiger partial charge on any atom is -0.458 e. The Labute approximate surface area is 159 Å². The number of allylic oxidation sites excluding steroid dienone is 4. The molecule has 1 aromatic heterocycles. The molecule has 1 heterocycles. The van der Waals surface area contributed by atoms with E-state index in [1.54, 1.807) is 54.8 Å². The van der Waals surface area contributed by atoms with Gasteiger partial charge in [-0.2, -0.15) is 0 Å². The van der Waals surface area contributed by atoms with Crippen LogP contribution in [-0.4, -0.2) is 17.1 Å². The summed E-state index contributed by atoms with van der Waals surface area (Å²) >= 11 is 0. The monoisotopic (exact) mass is 366 g/mol. The zero-order chi connectivity index (χ0) is 19.6. The molecule has 1 atom stereocenters. The number of alkyl halides is 1. The van der Waals surface area contributed by atoms with Crippen LogP contribution in [0.2, 0.25) is 0 Å². The van der Waals surface area contributed by atoms with Gasteiger partial charge in [-0.25, -0.2) is 4.39 Å². The van der Waals surface area contributed by atoms with Crippen LogP contribution < -0.4 is 10.1 Å². The Balaban J connectivity index is 2.05. The molecule has 0 aliphatic rings. The molecule has 0 saturated carbocycles. The maximum Gasteiger partial charge on any atom is 0.255 e. The fraction of sp³-hybridized carbons (Fsp3) is 0.182. The highest BCUT2D eigenvalue weighted by Gasteiger charge is 2.07. The van der Waals surface area contributed by atoms with E-state index in [4.69, 9.17) is 4.74 Å². The summed E-state index contributed by atoms with van der Waals surface area (Å²) in [6, 6.07) is 10.3. The Hall–Kier alpha value is -3.21. The van der Waals surface area contributed by atoms with E-state index < -0.39 is 6.17 Å². The number of amides is 1. The van der Waals surface area contributed by atoms with Crippen LogP contribution >= 0.6 is 0 Å². The predicted octanol–water partition coefficient (Wildman–Crippen LogP) is 5.40. The Morgan fingerprint density at radius 1 is 1.30 bits per heavy atom. The van der Waals surface area contributed by atoms with Gasteiger partial charge in [-0.05, 0) is 74.9 Å². The number of carbonyl (C=O) groups is 1. The number of nitrogens with one attached hydrogen (secondary N) is 1. The van der Waals surface area contributed by atoms with Crippen molar-refractivity contribution in [1.29, 1.82) is 0 Å². The van der Waals surface area contributed by atoms with Crippen molar-refractivity contribution in [2.24, 2.45) is 0 Å². The number of ether oxygens (including phenoxy) is 1. The third-order valence-corrected chi connectivity index (χ3v) is 3.53. The van der Waals surface area contributed by atoms with Gasteiger partial charge in [-0.1, -0.05) is 6.08 Å². The number of hydrogen-bond acceptors (Lipinski definition) is 3. The first-order chi connectivity index (χ1) is 13.0. The normalized spacial score (nSPS) is 12.6. The van der Waals surface area contributed by atoms with E-state index in [9.17, 15) is 9.18 Å². The van der Waals surface area contributed by atoms with E-state index in [0.717, 1.165) is 5.69 Å². The molecule has 1 unspecified atom stereocenters. The predicted molar refractivity (Wildman–Crippen MR) is 107 cm³/mol. The van der Waals surface area contributed by atoms with Crippen LogP contribution in [0.5, 0.6) is 5.75 Å². The summed E-state index contributed by atoms with van der Waals surface area (Å²) in [5.41, 5.74) is 2.00. The smallest absolute Gasteiger partial charge is 0.255 e. The van der Waals surface area contributed by atoms with Crippen LogP contribution in [-0.2, 0) is 0 Å². The molecule has 2 rings (SSSR count). The molecule has 2 aromatic rings. The Kier molecular flexibility index (Phi) is 7.49.